The third kappa shape index (κ3) is 4.87. The molecular weight excluding hydrogens is 420 g/mol. The van der Waals surface area contributed by atoms with Crippen molar-refractivity contribution in [2.24, 2.45) is 11.8 Å². The van der Waals surface area contributed by atoms with Gasteiger partial charge in [-0.25, -0.2) is 9.59 Å². The lowest BCUT2D eigenvalue weighted by molar-refractivity contribution is -0.143. The largest absolute Gasteiger partial charge is 0.480 e. The fraction of sp³-hybridized carbons (Fsp3) is 0.423. The summed E-state index contributed by atoms with van der Waals surface area (Å²) in [7, 11) is 0. The molecule has 0 spiro atoms. The highest BCUT2D eigenvalue weighted by Gasteiger charge is 2.34. The second kappa shape index (κ2) is 9.65. The Balaban J connectivity index is 1.30. The van der Waals surface area contributed by atoms with Crippen LogP contribution in [0, 0.1) is 11.8 Å². The number of rotatable bonds is 7. The monoisotopic (exact) mass is 450 g/mol. The summed E-state index contributed by atoms with van der Waals surface area (Å²) in [5.74, 6) is -1.83. The number of hydrogen-bond donors (Lipinski definition) is 3. The van der Waals surface area contributed by atoms with Gasteiger partial charge in [0.15, 0.2) is 0 Å². The molecule has 33 heavy (non-hydrogen) atoms. The molecule has 2 aliphatic carbocycles. The Kier molecular flexibility index (Phi) is 6.67. The van der Waals surface area contributed by atoms with Crippen LogP contribution in [0.4, 0.5) is 4.79 Å². The van der Waals surface area contributed by atoms with Gasteiger partial charge in [0.05, 0.1) is 0 Å². The molecule has 1 unspecified atom stereocenters. The molecule has 0 heterocycles. The standard InChI is InChI=1S/C26H30N2O5/c1-15(2)23(25(30)31)28-24(29)16-11-12-17(13-16)27-26(32)33-14-22-20-9-5-3-7-18(20)19-8-4-6-10-21(19)22/h3-10,15-17,22-23H,11-14H2,1-2H3,(H,27,32)(H,28,29)(H,30,31)/t16-,17+,23?/m1/s1. The van der Waals surface area contributed by atoms with Gasteiger partial charge in [-0.1, -0.05) is 62.4 Å². The van der Waals surface area contributed by atoms with E-state index in [1.165, 1.54) is 11.1 Å². The molecule has 3 atom stereocenters. The predicted molar refractivity (Wildman–Crippen MR) is 124 cm³/mol. The number of aliphatic carboxylic acids is 1. The van der Waals surface area contributed by atoms with Crippen LogP contribution in [-0.2, 0) is 14.3 Å². The molecule has 7 heteroatoms. The van der Waals surface area contributed by atoms with E-state index in [1.807, 2.05) is 24.3 Å². The Morgan fingerprint density at radius 1 is 1.00 bits per heavy atom. The predicted octanol–water partition coefficient (Wildman–Crippen LogP) is 3.92. The van der Waals surface area contributed by atoms with E-state index in [1.54, 1.807) is 13.8 Å². The van der Waals surface area contributed by atoms with E-state index in [9.17, 15) is 19.5 Å². The number of ether oxygens (including phenoxy) is 1. The van der Waals surface area contributed by atoms with E-state index in [4.69, 9.17) is 4.74 Å². The molecule has 1 fully saturated rings. The van der Waals surface area contributed by atoms with Gasteiger partial charge in [-0.3, -0.25) is 4.79 Å². The molecule has 1 saturated carbocycles. The Bertz CT molecular complexity index is 1000. The van der Waals surface area contributed by atoms with Gasteiger partial charge < -0.3 is 20.5 Å². The SMILES string of the molecule is CC(C)C(NC(=O)[C@@H]1CC[C@H](NC(=O)OCC2c3ccccc3-c3ccccc32)C1)C(=O)O. The number of hydrogen-bond acceptors (Lipinski definition) is 4. The third-order valence-corrected chi connectivity index (χ3v) is 6.70. The first kappa shape index (κ1) is 22.8. The Morgan fingerprint density at radius 2 is 1.61 bits per heavy atom. The minimum Gasteiger partial charge on any atom is -0.480 e. The van der Waals surface area contributed by atoms with Crippen molar-refractivity contribution in [3.63, 3.8) is 0 Å². The number of carbonyl (C=O) groups excluding carboxylic acids is 2. The molecular formula is C26H30N2O5. The zero-order valence-electron chi connectivity index (χ0n) is 18.9. The molecule has 0 saturated heterocycles. The fourth-order valence-corrected chi connectivity index (χ4v) is 4.94. The second-order valence-corrected chi connectivity index (χ2v) is 9.25. The van der Waals surface area contributed by atoms with Crippen molar-refractivity contribution in [3.8, 4) is 11.1 Å². The molecule has 4 rings (SSSR count). The van der Waals surface area contributed by atoms with E-state index in [0.29, 0.717) is 19.3 Å². The normalized spacial score (nSPS) is 20.1. The van der Waals surface area contributed by atoms with Gasteiger partial charge in [0.2, 0.25) is 5.91 Å². The molecule has 2 aliphatic rings. The first-order valence-corrected chi connectivity index (χ1v) is 11.5. The van der Waals surface area contributed by atoms with Crippen LogP contribution in [0.2, 0.25) is 0 Å². The van der Waals surface area contributed by atoms with Crippen LogP contribution in [0.3, 0.4) is 0 Å². The maximum atomic E-state index is 12.5. The number of fused-ring (bicyclic) bond motifs is 3. The van der Waals surface area contributed by atoms with Crippen molar-refractivity contribution in [2.45, 2.75) is 51.1 Å². The van der Waals surface area contributed by atoms with E-state index in [-0.39, 0.29) is 36.3 Å². The number of carboxylic acids is 1. The fourth-order valence-electron chi connectivity index (χ4n) is 4.94. The third-order valence-electron chi connectivity index (χ3n) is 6.70. The maximum Gasteiger partial charge on any atom is 0.407 e. The number of nitrogens with one attached hydrogen (secondary N) is 2. The summed E-state index contributed by atoms with van der Waals surface area (Å²) >= 11 is 0. The van der Waals surface area contributed by atoms with Crippen LogP contribution in [0.25, 0.3) is 11.1 Å². The van der Waals surface area contributed by atoms with Crippen molar-refractivity contribution < 1.29 is 24.2 Å². The summed E-state index contributed by atoms with van der Waals surface area (Å²) in [6.07, 6.45) is 1.24. The summed E-state index contributed by atoms with van der Waals surface area (Å²) in [5, 5.41) is 14.8. The lowest BCUT2D eigenvalue weighted by Crippen LogP contribution is -2.46. The zero-order chi connectivity index (χ0) is 23.5. The summed E-state index contributed by atoms with van der Waals surface area (Å²) in [6.45, 7) is 3.76. The molecule has 7 nitrogen and oxygen atoms in total. The lowest BCUT2D eigenvalue weighted by atomic mass is 9.98. The summed E-state index contributed by atoms with van der Waals surface area (Å²) in [4.78, 5) is 36.4. The van der Waals surface area contributed by atoms with Gasteiger partial charge in [0, 0.05) is 17.9 Å². The van der Waals surface area contributed by atoms with E-state index in [0.717, 1.165) is 11.1 Å². The van der Waals surface area contributed by atoms with Gasteiger partial charge in [-0.2, -0.15) is 0 Å². The van der Waals surface area contributed by atoms with Crippen molar-refractivity contribution in [1.29, 1.82) is 0 Å². The molecule has 0 aliphatic heterocycles. The number of amides is 2. The smallest absolute Gasteiger partial charge is 0.407 e. The van der Waals surface area contributed by atoms with Crippen molar-refractivity contribution in [2.75, 3.05) is 6.61 Å². The Morgan fingerprint density at radius 3 is 2.18 bits per heavy atom. The average Bonchev–Trinajstić information content (AvgIpc) is 3.38. The molecule has 0 bridgehead atoms. The maximum absolute atomic E-state index is 12.5. The molecule has 2 aromatic carbocycles. The molecule has 0 radical (unpaired) electrons. The van der Waals surface area contributed by atoms with Crippen molar-refractivity contribution >= 4 is 18.0 Å². The Labute approximate surface area is 193 Å². The van der Waals surface area contributed by atoms with Crippen LogP contribution in [0.1, 0.15) is 50.2 Å². The molecule has 3 N–H and O–H groups in total. The van der Waals surface area contributed by atoms with Crippen molar-refractivity contribution in [1.82, 2.24) is 10.6 Å². The molecule has 174 valence electrons. The van der Waals surface area contributed by atoms with Gasteiger partial charge in [0.25, 0.3) is 0 Å². The summed E-state index contributed by atoms with van der Waals surface area (Å²) in [5.41, 5.74) is 4.66. The first-order valence-electron chi connectivity index (χ1n) is 11.5. The minimum absolute atomic E-state index is 0.00533. The van der Waals surface area contributed by atoms with Gasteiger partial charge in [0.1, 0.15) is 12.6 Å². The number of benzene rings is 2. The Hall–Kier alpha value is -3.35. The summed E-state index contributed by atoms with van der Waals surface area (Å²) in [6, 6.07) is 15.3. The highest BCUT2D eigenvalue weighted by atomic mass is 16.5. The highest BCUT2D eigenvalue weighted by molar-refractivity contribution is 5.85. The van der Waals surface area contributed by atoms with E-state index in [2.05, 4.69) is 34.9 Å². The number of carbonyl (C=O) groups is 3. The second-order valence-electron chi connectivity index (χ2n) is 9.25. The van der Waals surface area contributed by atoms with E-state index < -0.39 is 18.1 Å². The van der Waals surface area contributed by atoms with E-state index >= 15 is 0 Å². The zero-order valence-corrected chi connectivity index (χ0v) is 18.9. The number of alkyl carbamates (subject to hydrolysis) is 1. The topological polar surface area (TPSA) is 105 Å². The van der Waals surface area contributed by atoms with Crippen LogP contribution in [-0.4, -0.2) is 41.8 Å². The average molecular weight is 451 g/mol. The lowest BCUT2D eigenvalue weighted by Gasteiger charge is -2.20. The summed E-state index contributed by atoms with van der Waals surface area (Å²) < 4.78 is 5.60. The molecule has 2 amide bonds. The van der Waals surface area contributed by atoms with Crippen LogP contribution in [0.15, 0.2) is 48.5 Å². The quantitative estimate of drug-likeness (QED) is 0.593. The molecule has 2 aromatic rings. The number of carboxylic acid groups (broad SMARTS) is 1. The highest BCUT2D eigenvalue weighted by Crippen LogP contribution is 2.44. The van der Waals surface area contributed by atoms with Gasteiger partial charge >= 0.3 is 12.1 Å². The van der Waals surface area contributed by atoms with Crippen molar-refractivity contribution in [3.05, 3.63) is 59.7 Å². The minimum atomic E-state index is -1.04. The van der Waals surface area contributed by atoms with Gasteiger partial charge in [-0.05, 0) is 47.4 Å². The van der Waals surface area contributed by atoms with Crippen LogP contribution >= 0.6 is 0 Å². The van der Waals surface area contributed by atoms with Crippen LogP contribution < -0.4 is 10.6 Å². The first-order chi connectivity index (χ1) is 15.8. The van der Waals surface area contributed by atoms with Gasteiger partial charge in [-0.15, -0.1) is 0 Å². The molecule has 0 aromatic heterocycles. The van der Waals surface area contributed by atoms with Crippen LogP contribution in [0.5, 0.6) is 0 Å².